The molecule has 196 valence electrons. The molecule has 0 aromatic rings. The minimum atomic E-state index is -1.54. The van der Waals surface area contributed by atoms with Crippen LogP contribution in [0.1, 0.15) is 90.9 Å². The number of carbonyl (C=O) groups excluding carboxylic acids is 1. The van der Waals surface area contributed by atoms with Gasteiger partial charge in [-0.05, 0) is 6.42 Å². The Hall–Kier alpha value is -0.810. The maximum Gasteiger partial charge on any atom is 0.217 e. The van der Waals surface area contributed by atoms with Gasteiger partial charge in [-0.3, -0.25) is 4.79 Å². The van der Waals surface area contributed by atoms with Crippen molar-refractivity contribution in [3.63, 3.8) is 0 Å². The lowest BCUT2D eigenvalue weighted by molar-refractivity contribution is -0.302. The zero-order valence-electron chi connectivity index (χ0n) is 20.4. The van der Waals surface area contributed by atoms with Crippen LogP contribution in [0, 0.1) is 0 Å². The Morgan fingerprint density at radius 3 is 1.97 bits per heavy atom. The molecule has 0 aromatic carbocycles. The van der Waals surface area contributed by atoms with Gasteiger partial charge < -0.3 is 40.3 Å². The summed E-state index contributed by atoms with van der Waals surface area (Å²) in [6, 6.07) is -0.710. The Labute approximate surface area is 198 Å². The van der Waals surface area contributed by atoms with E-state index in [9.17, 15) is 30.3 Å². The normalized spacial score (nSPS) is 27.3. The SMILES string of the molecule is CCCCCCCCCCCCCC(O)C(COC1OC(CO)C(O)C(O)C1O)NC(C)=O. The van der Waals surface area contributed by atoms with Crippen molar-refractivity contribution >= 4 is 5.91 Å². The number of rotatable bonds is 18. The molecule has 1 fully saturated rings. The Bertz CT molecular complexity index is 507. The maximum absolute atomic E-state index is 11.6. The molecule has 1 rings (SSSR count). The van der Waals surface area contributed by atoms with Gasteiger partial charge in [-0.1, -0.05) is 77.6 Å². The summed E-state index contributed by atoms with van der Waals surface area (Å²) in [6.07, 6.45) is 6.01. The summed E-state index contributed by atoms with van der Waals surface area (Å²) in [5, 5.41) is 52.3. The van der Waals surface area contributed by atoms with Crippen LogP contribution in [0.5, 0.6) is 0 Å². The molecule has 7 unspecified atom stereocenters. The van der Waals surface area contributed by atoms with Crippen LogP contribution in [0.2, 0.25) is 0 Å². The molecule has 1 heterocycles. The second-order valence-corrected chi connectivity index (χ2v) is 9.23. The van der Waals surface area contributed by atoms with Crippen molar-refractivity contribution in [1.82, 2.24) is 5.32 Å². The van der Waals surface area contributed by atoms with E-state index in [0.29, 0.717) is 6.42 Å². The van der Waals surface area contributed by atoms with Crippen molar-refractivity contribution in [2.24, 2.45) is 0 Å². The second-order valence-electron chi connectivity index (χ2n) is 9.23. The number of aliphatic hydroxyl groups excluding tert-OH is 5. The average molecular weight is 478 g/mol. The first kappa shape index (κ1) is 30.2. The number of hydrogen-bond donors (Lipinski definition) is 6. The number of hydrogen-bond acceptors (Lipinski definition) is 8. The molecule has 9 heteroatoms. The van der Waals surface area contributed by atoms with E-state index in [0.717, 1.165) is 19.3 Å². The lowest BCUT2D eigenvalue weighted by Crippen LogP contribution is -2.60. The third kappa shape index (κ3) is 11.9. The van der Waals surface area contributed by atoms with Crippen LogP contribution in [0.15, 0.2) is 0 Å². The predicted octanol–water partition coefficient (Wildman–Crippen LogP) is 1.37. The Morgan fingerprint density at radius 2 is 1.45 bits per heavy atom. The third-order valence-corrected chi connectivity index (χ3v) is 6.25. The number of carbonyl (C=O) groups is 1. The van der Waals surface area contributed by atoms with Crippen LogP contribution >= 0.6 is 0 Å². The van der Waals surface area contributed by atoms with E-state index < -0.39 is 49.5 Å². The molecule has 9 nitrogen and oxygen atoms in total. The fourth-order valence-corrected chi connectivity index (χ4v) is 4.13. The molecule has 6 N–H and O–H groups in total. The van der Waals surface area contributed by atoms with Crippen LogP contribution in [-0.4, -0.2) is 87.5 Å². The van der Waals surface area contributed by atoms with E-state index in [4.69, 9.17) is 9.47 Å². The van der Waals surface area contributed by atoms with Crippen LogP contribution in [0.4, 0.5) is 0 Å². The van der Waals surface area contributed by atoms with Crippen LogP contribution in [-0.2, 0) is 14.3 Å². The molecule has 0 aliphatic carbocycles. The summed E-state index contributed by atoms with van der Waals surface area (Å²) in [7, 11) is 0. The third-order valence-electron chi connectivity index (χ3n) is 6.25. The topological polar surface area (TPSA) is 149 Å². The molecule has 0 saturated carbocycles. The zero-order chi connectivity index (χ0) is 24.6. The highest BCUT2D eigenvalue weighted by Gasteiger charge is 2.44. The number of ether oxygens (including phenoxy) is 2. The van der Waals surface area contributed by atoms with Crippen LogP contribution in [0.25, 0.3) is 0 Å². The molecule has 1 saturated heterocycles. The minimum Gasteiger partial charge on any atom is -0.394 e. The van der Waals surface area contributed by atoms with Gasteiger partial charge in [-0.15, -0.1) is 0 Å². The average Bonchev–Trinajstić information content (AvgIpc) is 2.79. The minimum absolute atomic E-state index is 0.151. The van der Waals surface area contributed by atoms with Crippen molar-refractivity contribution in [1.29, 1.82) is 0 Å². The molecule has 0 bridgehead atoms. The lowest BCUT2D eigenvalue weighted by Gasteiger charge is -2.40. The smallest absolute Gasteiger partial charge is 0.217 e. The van der Waals surface area contributed by atoms with E-state index >= 15 is 0 Å². The van der Waals surface area contributed by atoms with Crippen molar-refractivity contribution < 1.29 is 39.8 Å². The van der Waals surface area contributed by atoms with E-state index in [2.05, 4.69) is 12.2 Å². The highest BCUT2D eigenvalue weighted by Crippen LogP contribution is 2.22. The first-order chi connectivity index (χ1) is 15.8. The lowest BCUT2D eigenvalue weighted by atomic mass is 9.99. The summed E-state index contributed by atoms with van der Waals surface area (Å²) < 4.78 is 10.8. The quantitative estimate of drug-likeness (QED) is 0.162. The Morgan fingerprint density at radius 1 is 0.909 bits per heavy atom. The maximum atomic E-state index is 11.6. The van der Waals surface area contributed by atoms with E-state index in [1.54, 1.807) is 0 Å². The molecule has 1 aliphatic rings. The molecule has 0 aromatic heterocycles. The monoisotopic (exact) mass is 477 g/mol. The van der Waals surface area contributed by atoms with Gasteiger partial charge >= 0.3 is 0 Å². The van der Waals surface area contributed by atoms with Gasteiger partial charge in [0, 0.05) is 6.92 Å². The largest absolute Gasteiger partial charge is 0.394 e. The van der Waals surface area contributed by atoms with E-state index in [1.165, 1.54) is 58.3 Å². The van der Waals surface area contributed by atoms with Crippen LogP contribution in [0.3, 0.4) is 0 Å². The van der Waals surface area contributed by atoms with Crippen molar-refractivity contribution in [2.45, 2.75) is 134 Å². The highest BCUT2D eigenvalue weighted by molar-refractivity contribution is 5.73. The first-order valence-corrected chi connectivity index (χ1v) is 12.7. The van der Waals surface area contributed by atoms with Crippen molar-refractivity contribution in [3.8, 4) is 0 Å². The van der Waals surface area contributed by atoms with Crippen molar-refractivity contribution in [3.05, 3.63) is 0 Å². The van der Waals surface area contributed by atoms with Gasteiger partial charge in [-0.2, -0.15) is 0 Å². The Kier molecular flexibility index (Phi) is 16.1. The fourth-order valence-electron chi connectivity index (χ4n) is 4.13. The molecule has 1 aliphatic heterocycles. The van der Waals surface area contributed by atoms with Gasteiger partial charge in [-0.25, -0.2) is 0 Å². The fraction of sp³-hybridized carbons (Fsp3) is 0.958. The van der Waals surface area contributed by atoms with Crippen LogP contribution < -0.4 is 5.32 Å². The summed E-state index contributed by atoms with van der Waals surface area (Å²) in [5.74, 6) is -0.324. The summed E-state index contributed by atoms with van der Waals surface area (Å²) in [6.45, 7) is 2.86. The molecule has 1 amide bonds. The second kappa shape index (κ2) is 17.6. The molecule has 0 spiro atoms. The number of aliphatic hydroxyl groups is 5. The standard InChI is InChI=1S/C24H47NO8/c1-3-4-5-6-7-8-9-10-11-12-13-14-19(28)18(25-17(2)27)16-32-24-23(31)22(30)21(29)20(15-26)33-24/h18-24,26,28-31H,3-16H2,1-2H3,(H,25,27). The van der Waals surface area contributed by atoms with Gasteiger partial charge in [0.25, 0.3) is 0 Å². The zero-order valence-corrected chi connectivity index (χ0v) is 20.4. The number of amides is 1. The summed E-state index contributed by atoms with van der Waals surface area (Å²) in [5.41, 5.74) is 0. The van der Waals surface area contributed by atoms with Crippen molar-refractivity contribution in [2.75, 3.05) is 13.2 Å². The van der Waals surface area contributed by atoms with E-state index in [-0.39, 0.29) is 12.5 Å². The van der Waals surface area contributed by atoms with E-state index in [1.807, 2.05) is 0 Å². The molecule has 33 heavy (non-hydrogen) atoms. The Balaban J connectivity index is 2.32. The van der Waals surface area contributed by atoms with Gasteiger partial charge in [0.05, 0.1) is 25.4 Å². The first-order valence-electron chi connectivity index (χ1n) is 12.7. The molecular formula is C24H47NO8. The summed E-state index contributed by atoms with van der Waals surface area (Å²) >= 11 is 0. The van der Waals surface area contributed by atoms with Gasteiger partial charge in [0.2, 0.25) is 5.91 Å². The molecule has 0 radical (unpaired) electrons. The number of nitrogens with one attached hydrogen (secondary N) is 1. The highest BCUT2D eigenvalue weighted by atomic mass is 16.7. The molecule has 7 atom stereocenters. The van der Waals surface area contributed by atoms with Gasteiger partial charge in [0.1, 0.15) is 24.4 Å². The molecular weight excluding hydrogens is 430 g/mol. The predicted molar refractivity (Wildman–Crippen MR) is 124 cm³/mol. The van der Waals surface area contributed by atoms with Gasteiger partial charge in [0.15, 0.2) is 6.29 Å². The number of unbranched alkanes of at least 4 members (excludes halogenated alkanes) is 10. The summed E-state index contributed by atoms with van der Waals surface area (Å²) in [4.78, 5) is 11.6.